The van der Waals surface area contributed by atoms with Crippen molar-refractivity contribution < 1.29 is 22.8 Å². The Morgan fingerprint density at radius 1 is 1.44 bits per heavy atom. The van der Waals surface area contributed by atoms with Gasteiger partial charge in [0.25, 0.3) is 5.91 Å². The minimum Gasteiger partial charge on any atom is -0.322 e. The first kappa shape index (κ1) is 11.6. The summed E-state index contributed by atoms with van der Waals surface area (Å²) in [5.41, 5.74) is -1.09. The summed E-state index contributed by atoms with van der Waals surface area (Å²) in [7, 11) is 0. The van der Waals surface area contributed by atoms with Crippen LogP contribution in [-0.2, 0) is 4.79 Å². The number of carbonyl (C=O) groups is 2. The van der Waals surface area contributed by atoms with Gasteiger partial charge < -0.3 is 5.32 Å². The Kier molecular flexibility index (Phi) is 2.56. The van der Waals surface area contributed by atoms with Crippen LogP contribution in [0, 0.1) is 0 Å². The van der Waals surface area contributed by atoms with Gasteiger partial charge in [-0.3, -0.25) is 9.69 Å². The van der Waals surface area contributed by atoms with Crippen molar-refractivity contribution in [2.45, 2.75) is 18.1 Å². The second-order valence-corrected chi connectivity index (χ2v) is 4.93. The molecule has 1 spiro atoms. The van der Waals surface area contributed by atoms with Gasteiger partial charge in [0.15, 0.2) is 0 Å². The van der Waals surface area contributed by atoms with Crippen molar-refractivity contribution in [3.63, 3.8) is 0 Å². The van der Waals surface area contributed by atoms with Crippen LogP contribution < -0.4 is 5.32 Å². The van der Waals surface area contributed by atoms with Gasteiger partial charge in [0, 0.05) is 5.75 Å². The van der Waals surface area contributed by atoms with E-state index in [1.54, 1.807) is 0 Å². The van der Waals surface area contributed by atoms with E-state index in [9.17, 15) is 22.8 Å². The zero-order valence-electron chi connectivity index (χ0n) is 8.13. The number of carbonyl (C=O) groups excluding carboxylic acids is 2. The maximum absolute atomic E-state index is 12.2. The molecule has 2 aliphatic heterocycles. The SMILES string of the molecule is O=C1NC2(CCSC2)C(=O)N1CC(F)(F)F. The molecule has 2 saturated heterocycles. The van der Waals surface area contributed by atoms with Crippen LogP contribution >= 0.6 is 11.8 Å². The largest absolute Gasteiger partial charge is 0.406 e. The van der Waals surface area contributed by atoms with Crippen molar-refractivity contribution in [1.82, 2.24) is 10.2 Å². The van der Waals surface area contributed by atoms with Gasteiger partial charge in [0.2, 0.25) is 0 Å². The molecular weight excluding hydrogens is 245 g/mol. The molecule has 1 atom stereocenters. The van der Waals surface area contributed by atoms with Gasteiger partial charge in [-0.2, -0.15) is 24.9 Å². The van der Waals surface area contributed by atoms with Crippen LogP contribution in [0.1, 0.15) is 6.42 Å². The molecule has 2 aliphatic rings. The maximum Gasteiger partial charge on any atom is 0.406 e. The van der Waals surface area contributed by atoms with Gasteiger partial charge in [-0.1, -0.05) is 0 Å². The lowest BCUT2D eigenvalue weighted by atomic mass is 9.99. The molecule has 4 nitrogen and oxygen atoms in total. The number of nitrogens with zero attached hydrogens (tertiary/aromatic N) is 1. The van der Waals surface area contributed by atoms with E-state index in [1.165, 1.54) is 11.8 Å². The van der Waals surface area contributed by atoms with E-state index < -0.39 is 30.2 Å². The number of hydrogen-bond donors (Lipinski definition) is 1. The number of urea groups is 1. The van der Waals surface area contributed by atoms with Crippen LogP contribution in [0.25, 0.3) is 0 Å². The van der Waals surface area contributed by atoms with Crippen LogP contribution in [0.4, 0.5) is 18.0 Å². The number of amides is 3. The molecule has 90 valence electrons. The van der Waals surface area contributed by atoms with E-state index in [1.807, 2.05) is 0 Å². The molecule has 3 amide bonds. The van der Waals surface area contributed by atoms with Gasteiger partial charge in [0.05, 0.1) is 0 Å². The summed E-state index contributed by atoms with van der Waals surface area (Å²) in [5, 5.41) is 2.37. The quantitative estimate of drug-likeness (QED) is 0.709. The van der Waals surface area contributed by atoms with E-state index in [-0.39, 0.29) is 4.90 Å². The first-order valence-electron chi connectivity index (χ1n) is 4.63. The predicted octanol–water partition coefficient (Wildman–Crippen LogP) is 0.976. The van der Waals surface area contributed by atoms with Gasteiger partial charge in [0.1, 0.15) is 12.1 Å². The molecule has 0 aromatic carbocycles. The standard InChI is InChI=1S/C8H9F3N2O2S/c9-8(10,11)3-13-5(14)7(12-6(13)15)1-2-16-4-7/h1-4H2,(H,12,15). The van der Waals surface area contributed by atoms with E-state index in [2.05, 4.69) is 5.32 Å². The molecule has 16 heavy (non-hydrogen) atoms. The summed E-state index contributed by atoms with van der Waals surface area (Å²) in [6.45, 7) is -1.51. The lowest BCUT2D eigenvalue weighted by Crippen LogP contribution is -2.47. The number of alkyl halides is 3. The monoisotopic (exact) mass is 254 g/mol. The fourth-order valence-electron chi connectivity index (χ4n) is 1.83. The average molecular weight is 254 g/mol. The van der Waals surface area contributed by atoms with Crippen LogP contribution in [0.3, 0.4) is 0 Å². The fourth-order valence-corrected chi connectivity index (χ4v) is 3.16. The number of imide groups is 1. The summed E-state index contributed by atoms with van der Waals surface area (Å²) in [5.74, 6) is 0.275. The molecule has 1 unspecified atom stereocenters. The van der Waals surface area contributed by atoms with Crippen LogP contribution in [0.15, 0.2) is 0 Å². The molecule has 0 aromatic heterocycles. The highest BCUT2D eigenvalue weighted by Crippen LogP contribution is 2.34. The first-order valence-corrected chi connectivity index (χ1v) is 5.78. The summed E-state index contributed by atoms with van der Waals surface area (Å²) in [4.78, 5) is 23.3. The van der Waals surface area contributed by atoms with Gasteiger partial charge >= 0.3 is 12.2 Å². The van der Waals surface area contributed by atoms with Crippen molar-refractivity contribution in [3.8, 4) is 0 Å². The molecule has 0 aromatic rings. The Hall–Kier alpha value is -0.920. The first-order chi connectivity index (χ1) is 7.34. The minimum absolute atomic E-state index is 0.256. The Balaban J connectivity index is 2.17. The van der Waals surface area contributed by atoms with Crippen molar-refractivity contribution in [2.75, 3.05) is 18.1 Å². The van der Waals surface area contributed by atoms with Crippen molar-refractivity contribution in [3.05, 3.63) is 0 Å². The second kappa shape index (κ2) is 3.54. The predicted molar refractivity (Wildman–Crippen MR) is 51.0 cm³/mol. The van der Waals surface area contributed by atoms with Crippen molar-refractivity contribution >= 4 is 23.7 Å². The second-order valence-electron chi connectivity index (χ2n) is 3.82. The molecule has 8 heteroatoms. The van der Waals surface area contributed by atoms with E-state index in [0.29, 0.717) is 17.9 Å². The molecule has 0 saturated carbocycles. The molecular formula is C8H9F3N2O2S. The molecule has 0 aliphatic carbocycles. The minimum atomic E-state index is -4.55. The van der Waals surface area contributed by atoms with E-state index in [4.69, 9.17) is 0 Å². The highest BCUT2D eigenvalue weighted by atomic mass is 32.2. The normalized spacial score (nSPS) is 30.3. The molecule has 0 radical (unpaired) electrons. The zero-order valence-corrected chi connectivity index (χ0v) is 8.95. The maximum atomic E-state index is 12.2. The van der Waals surface area contributed by atoms with Crippen LogP contribution in [0.5, 0.6) is 0 Å². The summed E-state index contributed by atoms with van der Waals surface area (Å²) in [6.07, 6.45) is -4.15. The topological polar surface area (TPSA) is 49.4 Å². The molecule has 1 N–H and O–H groups in total. The molecule has 2 rings (SSSR count). The highest BCUT2D eigenvalue weighted by molar-refractivity contribution is 7.99. The number of thioether (sulfide) groups is 1. The van der Waals surface area contributed by atoms with Crippen LogP contribution in [-0.4, -0.2) is 46.6 Å². The number of nitrogens with one attached hydrogen (secondary N) is 1. The Bertz CT molecular complexity index is 339. The van der Waals surface area contributed by atoms with E-state index >= 15 is 0 Å². The lowest BCUT2D eigenvalue weighted by Gasteiger charge is -2.19. The average Bonchev–Trinajstić information content (AvgIpc) is 2.68. The van der Waals surface area contributed by atoms with Gasteiger partial charge in [-0.05, 0) is 12.2 Å². The third kappa shape index (κ3) is 1.85. The molecule has 2 fully saturated rings. The molecule has 0 bridgehead atoms. The Labute approximate surface area is 93.5 Å². The van der Waals surface area contributed by atoms with E-state index in [0.717, 1.165) is 0 Å². The summed E-state index contributed by atoms with van der Waals surface area (Å²) in [6, 6.07) is -0.940. The summed E-state index contributed by atoms with van der Waals surface area (Å²) < 4.78 is 36.5. The van der Waals surface area contributed by atoms with Crippen LogP contribution in [0.2, 0.25) is 0 Å². The lowest BCUT2D eigenvalue weighted by molar-refractivity contribution is -0.154. The Morgan fingerprint density at radius 3 is 2.62 bits per heavy atom. The Morgan fingerprint density at radius 2 is 2.12 bits per heavy atom. The van der Waals surface area contributed by atoms with Crippen molar-refractivity contribution in [1.29, 1.82) is 0 Å². The third-order valence-electron chi connectivity index (χ3n) is 2.60. The van der Waals surface area contributed by atoms with Gasteiger partial charge in [-0.15, -0.1) is 0 Å². The molecule has 2 heterocycles. The number of halogens is 3. The van der Waals surface area contributed by atoms with Gasteiger partial charge in [-0.25, -0.2) is 4.79 Å². The zero-order chi connectivity index (χ0) is 12.0. The smallest absolute Gasteiger partial charge is 0.322 e. The number of rotatable bonds is 1. The third-order valence-corrected chi connectivity index (χ3v) is 3.79. The summed E-state index contributed by atoms with van der Waals surface area (Å²) >= 11 is 1.45. The highest BCUT2D eigenvalue weighted by Gasteiger charge is 2.54. The fraction of sp³-hybridized carbons (Fsp3) is 0.750. The number of hydrogen-bond acceptors (Lipinski definition) is 3. The van der Waals surface area contributed by atoms with Crippen molar-refractivity contribution in [2.24, 2.45) is 0 Å².